The van der Waals surface area contributed by atoms with Gasteiger partial charge in [0.15, 0.2) is 0 Å². The smallest absolute Gasteiger partial charge is 0.0409 e. The van der Waals surface area contributed by atoms with Gasteiger partial charge in [0.25, 0.3) is 0 Å². The summed E-state index contributed by atoms with van der Waals surface area (Å²) >= 11 is 6.21. The molecule has 1 aliphatic rings. The van der Waals surface area contributed by atoms with Gasteiger partial charge in [-0.25, -0.2) is 0 Å². The van der Waals surface area contributed by atoms with Crippen LogP contribution in [-0.4, -0.2) is 0 Å². The summed E-state index contributed by atoms with van der Waals surface area (Å²) in [6.07, 6.45) is 2.24. The lowest BCUT2D eigenvalue weighted by molar-refractivity contribution is 0.490. The lowest BCUT2D eigenvalue weighted by Crippen LogP contribution is -2.22. The van der Waals surface area contributed by atoms with Crippen LogP contribution in [0.25, 0.3) is 11.1 Å². The van der Waals surface area contributed by atoms with E-state index >= 15 is 0 Å². The molecule has 3 rings (SSSR count). The molecule has 0 nitrogen and oxygen atoms in total. The number of halogens is 1. The van der Waals surface area contributed by atoms with Crippen LogP contribution in [-0.2, 0) is 5.41 Å². The summed E-state index contributed by atoms with van der Waals surface area (Å²) in [6, 6.07) is 15.1. The lowest BCUT2D eigenvalue weighted by atomic mass is 9.74. The maximum Gasteiger partial charge on any atom is 0.0409 e. The molecule has 0 radical (unpaired) electrons. The van der Waals surface area contributed by atoms with E-state index < -0.39 is 0 Å². The standard InChI is InChI=1S/C17H17Cl/c1-3-17(4-2)15-8-6-5-7-13(15)14-10-9-12(18)11-16(14)17/h5-11H,3-4H2,1-2H3. The van der Waals surface area contributed by atoms with E-state index in [0.29, 0.717) is 0 Å². The average Bonchev–Trinajstić information content (AvgIpc) is 2.68. The fraction of sp³-hybridized carbons (Fsp3) is 0.294. The van der Waals surface area contributed by atoms with Crippen LogP contribution in [0.1, 0.15) is 37.8 Å². The van der Waals surface area contributed by atoms with Crippen molar-refractivity contribution < 1.29 is 0 Å². The molecule has 0 saturated heterocycles. The molecule has 0 aromatic heterocycles. The Morgan fingerprint density at radius 3 is 2.28 bits per heavy atom. The predicted molar refractivity (Wildman–Crippen MR) is 78.3 cm³/mol. The Hall–Kier alpha value is -1.27. The Morgan fingerprint density at radius 1 is 0.889 bits per heavy atom. The monoisotopic (exact) mass is 256 g/mol. The first-order chi connectivity index (χ1) is 8.73. The molecule has 18 heavy (non-hydrogen) atoms. The molecule has 1 aliphatic carbocycles. The Kier molecular flexibility index (Phi) is 2.71. The molecule has 0 heterocycles. The van der Waals surface area contributed by atoms with Gasteiger partial charge in [0, 0.05) is 10.4 Å². The first-order valence-corrected chi connectivity index (χ1v) is 7.00. The van der Waals surface area contributed by atoms with Crippen LogP contribution >= 0.6 is 11.6 Å². The molecule has 1 heteroatoms. The number of fused-ring (bicyclic) bond motifs is 3. The third-order valence-electron chi connectivity index (χ3n) is 4.44. The van der Waals surface area contributed by atoms with E-state index in [1.165, 1.54) is 22.3 Å². The third-order valence-corrected chi connectivity index (χ3v) is 4.67. The maximum atomic E-state index is 6.21. The molecule has 2 aromatic rings. The normalized spacial score (nSPS) is 15.3. The highest BCUT2D eigenvalue weighted by molar-refractivity contribution is 6.30. The Bertz CT molecular complexity index is 594. The van der Waals surface area contributed by atoms with E-state index in [1.807, 2.05) is 6.07 Å². The molecular formula is C17H17Cl. The van der Waals surface area contributed by atoms with Crippen molar-refractivity contribution in [3.05, 3.63) is 58.6 Å². The lowest BCUT2D eigenvalue weighted by Gasteiger charge is -2.29. The van der Waals surface area contributed by atoms with Crippen LogP contribution in [0.2, 0.25) is 5.02 Å². The largest absolute Gasteiger partial charge is 0.0843 e. The molecule has 0 atom stereocenters. The van der Waals surface area contributed by atoms with Gasteiger partial charge in [-0.3, -0.25) is 0 Å². The van der Waals surface area contributed by atoms with Crippen molar-refractivity contribution in [1.29, 1.82) is 0 Å². The van der Waals surface area contributed by atoms with E-state index in [1.54, 1.807) is 0 Å². The molecular weight excluding hydrogens is 240 g/mol. The van der Waals surface area contributed by atoms with Crippen LogP contribution in [0.4, 0.5) is 0 Å². The molecule has 0 saturated carbocycles. The van der Waals surface area contributed by atoms with Gasteiger partial charge < -0.3 is 0 Å². The van der Waals surface area contributed by atoms with Gasteiger partial charge in [0.1, 0.15) is 0 Å². The fourth-order valence-corrected chi connectivity index (χ4v) is 3.61. The SMILES string of the molecule is CCC1(CC)c2ccccc2-c2ccc(Cl)cc21. The summed E-state index contributed by atoms with van der Waals surface area (Å²) in [5.41, 5.74) is 5.76. The molecule has 0 aliphatic heterocycles. The number of rotatable bonds is 2. The zero-order valence-electron chi connectivity index (χ0n) is 10.8. The Balaban J connectivity index is 2.38. The summed E-state index contributed by atoms with van der Waals surface area (Å²) in [5, 5.41) is 0.841. The molecule has 0 unspecified atom stereocenters. The molecule has 0 bridgehead atoms. The van der Waals surface area contributed by atoms with E-state index in [9.17, 15) is 0 Å². The predicted octanol–water partition coefficient (Wildman–Crippen LogP) is 5.43. The van der Waals surface area contributed by atoms with Gasteiger partial charge in [-0.2, -0.15) is 0 Å². The molecule has 0 fully saturated rings. The Morgan fingerprint density at radius 2 is 1.56 bits per heavy atom. The minimum absolute atomic E-state index is 0.150. The third kappa shape index (κ3) is 1.39. The zero-order valence-corrected chi connectivity index (χ0v) is 11.6. The molecule has 0 amide bonds. The van der Waals surface area contributed by atoms with Crippen molar-refractivity contribution in [3.8, 4) is 11.1 Å². The highest BCUT2D eigenvalue weighted by atomic mass is 35.5. The van der Waals surface area contributed by atoms with Gasteiger partial charge in [-0.05, 0) is 47.2 Å². The van der Waals surface area contributed by atoms with Crippen LogP contribution in [0.15, 0.2) is 42.5 Å². The van der Waals surface area contributed by atoms with Crippen LogP contribution in [0.3, 0.4) is 0 Å². The molecule has 92 valence electrons. The zero-order chi connectivity index (χ0) is 12.8. The second kappa shape index (κ2) is 4.13. The fourth-order valence-electron chi connectivity index (χ4n) is 3.44. The minimum atomic E-state index is 0.150. The minimum Gasteiger partial charge on any atom is -0.0843 e. The highest BCUT2D eigenvalue weighted by Crippen LogP contribution is 2.52. The second-order valence-corrected chi connectivity index (χ2v) is 5.46. The van der Waals surface area contributed by atoms with Crippen molar-refractivity contribution in [2.45, 2.75) is 32.1 Å². The summed E-state index contributed by atoms with van der Waals surface area (Å²) in [6.45, 7) is 4.55. The second-order valence-electron chi connectivity index (χ2n) is 5.02. The molecule has 0 N–H and O–H groups in total. The van der Waals surface area contributed by atoms with Crippen LogP contribution in [0.5, 0.6) is 0 Å². The van der Waals surface area contributed by atoms with Crippen molar-refractivity contribution in [2.75, 3.05) is 0 Å². The van der Waals surface area contributed by atoms with Gasteiger partial charge in [-0.1, -0.05) is 55.8 Å². The van der Waals surface area contributed by atoms with E-state index in [-0.39, 0.29) is 5.41 Å². The quantitative estimate of drug-likeness (QED) is 0.672. The summed E-state index contributed by atoms with van der Waals surface area (Å²) in [5.74, 6) is 0. The first kappa shape index (κ1) is 11.8. The number of hydrogen-bond acceptors (Lipinski definition) is 0. The van der Waals surface area contributed by atoms with Crippen molar-refractivity contribution in [1.82, 2.24) is 0 Å². The van der Waals surface area contributed by atoms with E-state index in [2.05, 4.69) is 50.2 Å². The first-order valence-electron chi connectivity index (χ1n) is 6.63. The van der Waals surface area contributed by atoms with Gasteiger partial charge in [0.05, 0.1) is 0 Å². The summed E-state index contributed by atoms with van der Waals surface area (Å²) in [4.78, 5) is 0. The van der Waals surface area contributed by atoms with Crippen LogP contribution in [0, 0.1) is 0 Å². The average molecular weight is 257 g/mol. The Labute approximate surface area is 114 Å². The summed E-state index contributed by atoms with van der Waals surface area (Å²) < 4.78 is 0. The number of hydrogen-bond donors (Lipinski definition) is 0. The highest BCUT2D eigenvalue weighted by Gasteiger charge is 2.40. The van der Waals surface area contributed by atoms with E-state index in [4.69, 9.17) is 11.6 Å². The molecule has 0 spiro atoms. The topological polar surface area (TPSA) is 0 Å². The van der Waals surface area contributed by atoms with Crippen molar-refractivity contribution in [2.24, 2.45) is 0 Å². The summed E-state index contributed by atoms with van der Waals surface area (Å²) in [7, 11) is 0. The maximum absolute atomic E-state index is 6.21. The van der Waals surface area contributed by atoms with Gasteiger partial charge >= 0.3 is 0 Å². The van der Waals surface area contributed by atoms with Crippen molar-refractivity contribution in [3.63, 3.8) is 0 Å². The van der Waals surface area contributed by atoms with E-state index in [0.717, 1.165) is 17.9 Å². The van der Waals surface area contributed by atoms with Gasteiger partial charge in [-0.15, -0.1) is 0 Å². The van der Waals surface area contributed by atoms with Crippen molar-refractivity contribution >= 4 is 11.6 Å². The number of benzene rings is 2. The molecule has 2 aromatic carbocycles. The van der Waals surface area contributed by atoms with Crippen LogP contribution < -0.4 is 0 Å². The van der Waals surface area contributed by atoms with Gasteiger partial charge in [0.2, 0.25) is 0 Å².